The van der Waals surface area contributed by atoms with Crippen molar-refractivity contribution >= 4 is 11.9 Å². The smallest absolute Gasteiger partial charge is 0.303 e. The second kappa shape index (κ2) is 8.34. The summed E-state index contributed by atoms with van der Waals surface area (Å²) < 4.78 is 1.89. The quantitative estimate of drug-likeness (QED) is 0.682. The fourth-order valence-electron chi connectivity index (χ4n) is 4.01. The largest absolute Gasteiger partial charge is 0.481 e. The van der Waals surface area contributed by atoms with E-state index in [4.69, 9.17) is 5.11 Å². The van der Waals surface area contributed by atoms with Crippen LogP contribution in [-0.4, -0.2) is 44.3 Å². The molecule has 29 heavy (non-hydrogen) atoms. The van der Waals surface area contributed by atoms with Gasteiger partial charge in [0.1, 0.15) is 6.04 Å². The first-order valence-electron chi connectivity index (χ1n) is 10.2. The number of carbonyl (C=O) groups excluding carboxylic acids is 1. The first-order valence-corrected chi connectivity index (χ1v) is 10.2. The Morgan fingerprint density at radius 2 is 2.00 bits per heavy atom. The number of rotatable bonds is 6. The Hall–Kier alpha value is -2.71. The molecular formula is C21H27N5O3. The van der Waals surface area contributed by atoms with E-state index >= 15 is 0 Å². The van der Waals surface area contributed by atoms with Gasteiger partial charge in [0.25, 0.3) is 0 Å². The Labute approximate surface area is 169 Å². The minimum Gasteiger partial charge on any atom is -0.481 e. The monoisotopic (exact) mass is 397 g/mol. The molecule has 1 aromatic carbocycles. The summed E-state index contributed by atoms with van der Waals surface area (Å²) in [5.41, 5.74) is 10.6. The maximum atomic E-state index is 13.0. The maximum absolute atomic E-state index is 13.0. The van der Waals surface area contributed by atoms with Gasteiger partial charge in [0, 0.05) is 19.0 Å². The van der Waals surface area contributed by atoms with Crippen LogP contribution in [0, 0.1) is 0 Å². The van der Waals surface area contributed by atoms with Crippen molar-refractivity contribution < 1.29 is 14.7 Å². The average molecular weight is 397 g/mol. The summed E-state index contributed by atoms with van der Waals surface area (Å²) in [5, 5.41) is 13.3. The molecule has 0 radical (unpaired) electrons. The highest BCUT2D eigenvalue weighted by molar-refractivity contribution is 5.82. The zero-order valence-electron chi connectivity index (χ0n) is 16.6. The summed E-state index contributed by atoms with van der Waals surface area (Å²) >= 11 is 0. The normalized spacial score (nSPS) is 21.2. The molecule has 1 saturated heterocycles. The number of carboxylic acids is 1. The number of hydrogen-bond acceptors (Lipinski definition) is 5. The summed E-state index contributed by atoms with van der Waals surface area (Å²) in [5.74, 6) is -0.740. The third kappa shape index (κ3) is 4.33. The molecule has 2 aliphatic heterocycles. The molecule has 4 rings (SSSR count). The van der Waals surface area contributed by atoms with Gasteiger partial charge in [-0.2, -0.15) is 5.10 Å². The number of carbonyl (C=O) groups is 2. The van der Waals surface area contributed by atoms with Crippen LogP contribution < -0.4 is 10.9 Å². The van der Waals surface area contributed by atoms with Crippen LogP contribution in [0.15, 0.2) is 30.3 Å². The Kier molecular flexibility index (Phi) is 5.64. The number of benzene rings is 1. The molecule has 3 heterocycles. The molecule has 8 nitrogen and oxygen atoms in total. The summed E-state index contributed by atoms with van der Waals surface area (Å²) in [6.07, 6.45) is 2.21. The third-order valence-corrected chi connectivity index (χ3v) is 5.75. The minimum atomic E-state index is -0.827. The van der Waals surface area contributed by atoms with E-state index in [0.717, 1.165) is 17.8 Å². The topological polar surface area (TPSA) is 99.5 Å². The van der Waals surface area contributed by atoms with Gasteiger partial charge in [0.15, 0.2) is 0 Å². The number of nitrogens with one attached hydrogen (secondary N) is 2. The van der Waals surface area contributed by atoms with E-state index in [-0.39, 0.29) is 24.4 Å². The van der Waals surface area contributed by atoms with Crippen molar-refractivity contribution in [1.29, 1.82) is 0 Å². The summed E-state index contributed by atoms with van der Waals surface area (Å²) in [6, 6.07) is 10.3. The van der Waals surface area contributed by atoms with E-state index in [2.05, 4.69) is 47.1 Å². The van der Waals surface area contributed by atoms with Crippen molar-refractivity contribution in [2.45, 2.75) is 57.8 Å². The van der Waals surface area contributed by atoms with Gasteiger partial charge in [-0.3, -0.25) is 14.3 Å². The predicted octanol–water partition coefficient (Wildman–Crippen LogP) is 1.41. The van der Waals surface area contributed by atoms with Crippen LogP contribution in [0.25, 0.3) is 0 Å². The van der Waals surface area contributed by atoms with E-state index in [1.807, 2.05) is 15.6 Å². The summed E-state index contributed by atoms with van der Waals surface area (Å²) in [4.78, 5) is 25.7. The summed E-state index contributed by atoms with van der Waals surface area (Å²) in [6.45, 7) is 3.89. The number of hydrogen-bond donors (Lipinski definition) is 3. The van der Waals surface area contributed by atoms with Gasteiger partial charge in [-0.05, 0) is 30.0 Å². The molecule has 2 aromatic rings. The summed E-state index contributed by atoms with van der Waals surface area (Å²) in [7, 11) is 0. The zero-order chi connectivity index (χ0) is 20.4. The molecule has 154 valence electrons. The standard InChI is InChI=1S/C21H27N5O3/c1-2-14-3-5-15(6-4-14)18-12-19(23-22-18)21(29)25-9-10-26-17(13-25)11-16(24-26)7-8-20(27)28/h3-6,11,18-19,22-23H,2,7-10,12-13H2,1H3,(H,27,28). The molecule has 1 amide bonds. The van der Waals surface area contributed by atoms with Crippen LogP contribution in [0.5, 0.6) is 0 Å². The SMILES string of the molecule is CCc1ccc(C2CC(C(=O)N3CCn4nc(CCC(=O)O)cc4C3)NN2)cc1. The lowest BCUT2D eigenvalue weighted by molar-refractivity contribution is -0.137. The third-order valence-electron chi connectivity index (χ3n) is 5.75. The molecule has 2 aliphatic rings. The van der Waals surface area contributed by atoms with Crippen LogP contribution in [0.3, 0.4) is 0 Å². The van der Waals surface area contributed by atoms with Crippen molar-refractivity contribution in [3.63, 3.8) is 0 Å². The fourth-order valence-corrected chi connectivity index (χ4v) is 4.01. The molecule has 1 aromatic heterocycles. The van der Waals surface area contributed by atoms with Gasteiger partial charge < -0.3 is 10.0 Å². The molecule has 2 atom stereocenters. The second-order valence-electron chi connectivity index (χ2n) is 7.73. The number of carboxylic acid groups (broad SMARTS) is 1. The maximum Gasteiger partial charge on any atom is 0.303 e. The van der Waals surface area contributed by atoms with Crippen LogP contribution in [-0.2, 0) is 35.5 Å². The van der Waals surface area contributed by atoms with Gasteiger partial charge >= 0.3 is 5.97 Å². The lowest BCUT2D eigenvalue weighted by Crippen LogP contribution is -2.48. The van der Waals surface area contributed by atoms with Gasteiger partial charge in [0.05, 0.1) is 30.9 Å². The van der Waals surface area contributed by atoms with Crippen LogP contribution in [0.1, 0.15) is 48.3 Å². The fraction of sp³-hybridized carbons (Fsp3) is 0.476. The van der Waals surface area contributed by atoms with Crippen LogP contribution >= 0.6 is 0 Å². The van der Waals surface area contributed by atoms with Crippen molar-refractivity contribution in [2.24, 2.45) is 0 Å². The van der Waals surface area contributed by atoms with Crippen molar-refractivity contribution in [1.82, 2.24) is 25.5 Å². The molecule has 1 fully saturated rings. The van der Waals surface area contributed by atoms with Gasteiger partial charge in [0.2, 0.25) is 5.91 Å². The van der Waals surface area contributed by atoms with E-state index in [1.54, 1.807) is 0 Å². The highest BCUT2D eigenvalue weighted by atomic mass is 16.4. The lowest BCUT2D eigenvalue weighted by atomic mass is 9.99. The molecular weight excluding hydrogens is 370 g/mol. The van der Waals surface area contributed by atoms with Gasteiger partial charge in [-0.25, -0.2) is 10.9 Å². The highest BCUT2D eigenvalue weighted by Crippen LogP contribution is 2.25. The number of aromatic nitrogens is 2. The van der Waals surface area contributed by atoms with E-state index in [1.165, 1.54) is 11.1 Å². The minimum absolute atomic E-state index is 0.0669. The first kappa shape index (κ1) is 19.6. The molecule has 0 spiro atoms. The van der Waals surface area contributed by atoms with E-state index < -0.39 is 5.97 Å². The van der Waals surface area contributed by atoms with Crippen molar-refractivity contribution in [3.05, 3.63) is 52.8 Å². The number of hydrazine groups is 1. The average Bonchev–Trinajstić information content (AvgIpc) is 3.38. The Morgan fingerprint density at radius 3 is 2.72 bits per heavy atom. The number of aliphatic carboxylic acids is 1. The van der Waals surface area contributed by atoms with Gasteiger partial charge in [-0.15, -0.1) is 0 Å². The molecule has 2 unspecified atom stereocenters. The predicted molar refractivity (Wildman–Crippen MR) is 107 cm³/mol. The second-order valence-corrected chi connectivity index (χ2v) is 7.73. The van der Waals surface area contributed by atoms with E-state index in [9.17, 15) is 9.59 Å². The zero-order valence-corrected chi connectivity index (χ0v) is 16.6. The van der Waals surface area contributed by atoms with Crippen molar-refractivity contribution in [3.8, 4) is 0 Å². The lowest BCUT2D eigenvalue weighted by Gasteiger charge is -2.29. The van der Waals surface area contributed by atoms with Crippen LogP contribution in [0.4, 0.5) is 0 Å². The van der Waals surface area contributed by atoms with Gasteiger partial charge in [-0.1, -0.05) is 31.2 Å². The first-order chi connectivity index (χ1) is 14.0. The molecule has 0 saturated carbocycles. The Morgan fingerprint density at radius 1 is 1.21 bits per heavy atom. The number of aryl methyl sites for hydroxylation is 2. The van der Waals surface area contributed by atoms with Crippen molar-refractivity contribution in [2.75, 3.05) is 6.54 Å². The molecule has 8 heteroatoms. The number of nitrogens with zero attached hydrogens (tertiary/aromatic N) is 3. The molecule has 3 N–H and O–H groups in total. The Balaban J connectivity index is 1.36. The molecule has 0 bridgehead atoms. The molecule has 0 aliphatic carbocycles. The Bertz CT molecular complexity index is 892. The van der Waals surface area contributed by atoms with E-state index in [0.29, 0.717) is 32.5 Å². The number of fused-ring (bicyclic) bond motifs is 1. The number of amides is 1. The van der Waals surface area contributed by atoms with Crippen LogP contribution in [0.2, 0.25) is 0 Å². The highest BCUT2D eigenvalue weighted by Gasteiger charge is 2.34.